The molecular formula is C20H21ClN4O2. The Kier molecular flexibility index (Phi) is 5.15. The van der Waals surface area contributed by atoms with Crippen LogP contribution in [0.2, 0.25) is 5.02 Å². The number of nitrogens with zero attached hydrogens (tertiary/aromatic N) is 4. The molecule has 0 aliphatic carbocycles. The molecule has 0 spiro atoms. The highest BCUT2D eigenvalue weighted by molar-refractivity contribution is 6.31. The number of rotatable bonds is 4. The quantitative estimate of drug-likeness (QED) is 0.810. The van der Waals surface area contributed by atoms with E-state index < -0.39 is 0 Å². The first kappa shape index (κ1) is 18.0. The molecule has 2 aliphatic rings. The maximum atomic E-state index is 12.5. The van der Waals surface area contributed by atoms with E-state index in [1.54, 1.807) is 11.1 Å². The predicted molar refractivity (Wildman–Crippen MR) is 103 cm³/mol. The number of hydrogen-bond donors (Lipinski definition) is 0. The van der Waals surface area contributed by atoms with Crippen molar-refractivity contribution in [1.82, 2.24) is 14.8 Å². The van der Waals surface area contributed by atoms with Gasteiger partial charge in [0.2, 0.25) is 5.91 Å². The molecule has 2 atom stereocenters. The van der Waals surface area contributed by atoms with Gasteiger partial charge >= 0.3 is 0 Å². The Hall–Kier alpha value is -2.36. The summed E-state index contributed by atoms with van der Waals surface area (Å²) in [5.41, 5.74) is 0.807. The molecule has 7 heteroatoms. The fourth-order valence-corrected chi connectivity index (χ4v) is 4.06. The monoisotopic (exact) mass is 384 g/mol. The molecule has 0 radical (unpaired) electrons. The van der Waals surface area contributed by atoms with Crippen molar-refractivity contribution in [1.29, 1.82) is 5.26 Å². The summed E-state index contributed by atoms with van der Waals surface area (Å²) in [6, 6.07) is 9.41. The standard InChI is InChI=1S/C20H21ClN4O2/c21-14-3-4-17-18(10-14)23-7-5-19(17)27-16-6-9-24(12-16)13-20(26)25-8-1-2-15(25)11-22/h3-5,7,10,15-16H,1-2,6,8-9,12-13H2/t15-,16-/m0/s1. The van der Waals surface area contributed by atoms with Gasteiger partial charge in [0.25, 0.3) is 0 Å². The molecule has 0 unspecified atom stereocenters. The molecule has 1 aromatic carbocycles. The second-order valence-corrected chi connectivity index (χ2v) is 7.54. The average Bonchev–Trinajstić information content (AvgIpc) is 3.30. The van der Waals surface area contributed by atoms with Gasteiger partial charge in [0.1, 0.15) is 17.9 Å². The summed E-state index contributed by atoms with van der Waals surface area (Å²) in [7, 11) is 0. The number of aromatic nitrogens is 1. The predicted octanol–water partition coefficient (Wildman–Crippen LogP) is 2.86. The van der Waals surface area contributed by atoms with Crippen molar-refractivity contribution >= 4 is 28.4 Å². The van der Waals surface area contributed by atoms with Crippen LogP contribution < -0.4 is 4.74 Å². The first-order valence-electron chi connectivity index (χ1n) is 9.26. The third-order valence-electron chi connectivity index (χ3n) is 5.27. The first-order valence-corrected chi connectivity index (χ1v) is 9.64. The lowest BCUT2D eigenvalue weighted by Crippen LogP contribution is -2.42. The van der Waals surface area contributed by atoms with E-state index in [9.17, 15) is 4.79 Å². The molecule has 2 fully saturated rings. The molecule has 140 valence electrons. The van der Waals surface area contributed by atoms with Crippen LogP contribution in [0.3, 0.4) is 0 Å². The van der Waals surface area contributed by atoms with Crippen LogP contribution in [0.25, 0.3) is 10.9 Å². The number of amides is 1. The maximum Gasteiger partial charge on any atom is 0.237 e. The molecule has 2 aromatic rings. The second kappa shape index (κ2) is 7.71. The van der Waals surface area contributed by atoms with Crippen LogP contribution in [0.1, 0.15) is 19.3 Å². The number of ether oxygens (including phenoxy) is 1. The van der Waals surface area contributed by atoms with E-state index in [1.807, 2.05) is 24.3 Å². The van der Waals surface area contributed by atoms with Gasteiger partial charge in [0, 0.05) is 36.2 Å². The smallest absolute Gasteiger partial charge is 0.237 e. The van der Waals surface area contributed by atoms with Gasteiger partial charge < -0.3 is 9.64 Å². The molecule has 0 saturated carbocycles. The molecule has 0 bridgehead atoms. The summed E-state index contributed by atoms with van der Waals surface area (Å²) in [4.78, 5) is 20.7. The van der Waals surface area contributed by atoms with Crippen LogP contribution in [0.15, 0.2) is 30.5 Å². The van der Waals surface area contributed by atoms with E-state index in [4.69, 9.17) is 21.6 Å². The summed E-state index contributed by atoms with van der Waals surface area (Å²) in [5.74, 6) is 0.836. The normalized spacial score (nSPS) is 22.9. The van der Waals surface area contributed by atoms with Gasteiger partial charge in [-0.05, 0) is 43.5 Å². The van der Waals surface area contributed by atoms with E-state index in [2.05, 4.69) is 16.0 Å². The second-order valence-electron chi connectivity index (χ2n) is 7.11. The van der Waals surface area contributed by atoms with Crippen molar-refractivity contribution in [2.24, 2.45) is 0 Å². The zero-order valence-electron chi connectivity index (χ0n) is 15.0. The topological polar surface area (TPSA) is 69.5 Å². The third kappa shape index (κ3) is 3.85. The molecule has 1 aromatic heterocycles. The number of likely N-dealkylation sites (tertiary alicyclic amines) is 2. The zero-order chi connectivity index (χ0) is 18.8. The van der Waals surface area contributed by atoms with Crippen molar-refractivity contribution < 1.29 is 9.53 Å². The lowest BCUT2D eigenvalue weighted by molar-refractivity contribution is -0.132. The molecule has 27 heavy (non-hydrogen) atoms. The summed E-state index contributed by atoms with van der Waals surface area (Å²) in [6.45, 7) is 2.56. The van der Waals surface area contributed by atoms with Crippen LogP contribution in [-0.2, 0) is 4.79 Å². The van der Waals surface area contributed by atoms with Gasteiger partial charge in [-0.15, -0.1) is 0 Å². The molecule has 6 nitrogen and oxygen atoms in total. The van der Waals surface area contributed by atoms with Crippen LogP contribution in [-0.4, -0.2) is 59.0 Å². The zero-order valence-corrected chi connectivity index (χ0v) is 15.7. The number of carbonyl (C=O) groups excluding carboxylic acids is 1. The number of benzene rings is 1. The Balaban J connectivity index is 1.38. The van der Waals surface area contributed by atoms with Gasteiger partial charge in [0.15, 0.2) is 0 Å². The van der Waals surface area contributed by atoms with E-state index in [0.717, 1.165) is 42.5 Å². The van der Waals surface area contributed by atoms with Gasteiger partial charge in [-0.25, -0.2) is 0 Å². The van der Waals surface area contributed by atoms with E-state index >= 15 is 0 Å². The number of fused-ring (bicyclic) bond motifs is 1. The fourth-order valence-electron chi connectivity index (χ4n) is 3.90. The molecule has 4 rings (SSSR count). The lowest BCUT2D eigenvalue weighted by Gasteiger charge is -2.23. The highest BCUT2D eigenvalue weighted by Crippen LogP contribution is 2.28. The minimum Gasteiger partial charge on any atom is -0.488 e. The van der Waals surface area contributed by atoms with Gasteiger partial charge in [0.05, 0.1) is 18.1 Å². The Bertz CT molecular complexity index is 897. The summed E-state index contributed by atoms with van der Waals surface area (Å²) in [5, 5.41) is 10.7. The Morgan fingerprint density at radius 3 is 3.07 bits per heavy atom. The maximum absolute atomic E-state index is 12.5. The van der Waals surface area contributed by atoms with Gasteiger partial charge in [-0.2, -0.15) is 5.26 Å². The molecule has 2 saturated heterocycles. The van der Waals surface area contributed by atoms with Crippen molar-refractivity contribution in [3.05, 3.63) is 35.5 Å². The van der Waals surface area contributed by atoms with Crippen molar-refractivity contribution in [3.8, 4) is 11.8 Å². The minimum atomic E-state index is -0.262. The average molecular weight is 385 g/mol. The highest BCUT2D eigenvalue weighted by Gasteiger charge is 2.32. The first-order chi connectivity index (χ1) is 13.1. The fraction of sp³-hybridized carbons (Fsp3) is 0.450. The largest absolute Gasteiger partial charge is 0.488 e. The van der Waals surface area contributed by atoms with Crippen molar-refractivity contribution in [2.75, 3.05) is 26.2 Å². The van der Waals surface area contributed by atoms with E-state index in [-0.39, 0.29) is 18.1 Å². The van der Waals surface area contributed by atoms with Crippen LogP contribution in [0.4, 0.5) is 0 Å². The number of carbonyl (C=O) groups is 1. The molecule has 3 heterocycles. The van der Waals surface area contributed by atoms with Crippen LogP contribution in [0, 0.1) is 11.3 Å². The highest BCUT2D eigenvalue weighted by atomic mass is 35.5. The summed E-state index contributed by atoms with van der Waals surface area (Å²) < 4.78 is 6.21. The molecule has 2 aliphatic heterocycles. The van der Waals surface area contributed by atoms with Gasteiger partial charge in [-0.1, -0.05) is 11.6 Å². The van der Waals surface area contributed by atoms with Crippen molar-refractivity contribution in [2.45, 2.75) is 31.4 Å². The SMILES string of the molecule is N#C[C@@H]1CCCN1C(=O)CN1CC[C@H](Oc2ccnc3cc(Cl)ccc23)C1. The number of pyridine rings is 1. The van der Waals surface area contributed by atoms with E-state index in [1.165, 1.54) is 0 Å². The van der Waals surface area contributed by atoms with Crippen LogP contribution in [0.5, 0.6) is 5.75 Å². The number of nitriles is 1. The number of hydrogen-bond acceptors (Lipinski definition) is 5. The van der Waals surface area contributed by atoms with Gasteiger partial charge in [-0.3, -0.25) is 14.7 Å². The summed E-state index contributed by atoms with van der Waals surface area (Å²) >= 11 is 6.04. The molecular weight excluding hydrogens is 364 g/mol. The summed E-state index contributed by atoms with van der Waals surface area (Å²) in [6.07, 6.45) is 4.32. The molecule has 1 amide bonds. The molecule has 0 N–H and O–H groups in total. The number of halogens is 1. The van der Waals surface area contributed by atoms with E-state index in [0.29, 0.717) is 24.7 Å². The van der Waals surface area contributed by atoms with Crippen molar-refractivity contribution in [3.63, 3.8) is 0 Å². The van der Waals surface area contributed by atoms with Crippen LogP contribution >= 0.6 is 11.6 Å². The Morgan fingerprint density at radius 1 is 1.33 bits per heavy atom. The Labute approximate surface area is 163 Å². The third-order valence-corrected chi connectivity index (χ3v) is 5.50. The Morgan fingerprint density at radius 2 is 2.22 bits per heavy atom. The lowest BCUT2D eigenvalue weighted by atomic mass is 10.2. The minimum absolute atomic E-state index is 0.0319.